The number of nitrogens with two attached hydrogens (primary N) is 1. The molecule has 3 unspecified atom stereocenters. The predicted molar refractivity (Wildman–Crippen MR) is 71.3 cm³/mol. The fraction of sp³-hybridized carbons (Fsp3) is 0.667. The average molecular weight is 262 g/mol. The lowest BCUT2D eigenvalue weighted by atomic mass is 9.96. The van der Waals surface area contributed by atoms with Crippen LogP contribution in [0.15, 0.2) is 12.1 Å². The normalized spacial score (nSPS) is 17.1. The monoisotopic (exact) mass is 261 g/mol. The molecule has 0 radical (unpaired) electrons. The van der Waals surface area contributed by atoms with Crippen molar-refractivity contribution >= 4 is 22.9 Å². The summed E-state index contributed by atoms with van der Waals surface area (Å²) in [6.45, 7) is 4.18. The van der Waals surface area contributed by atoms with Crippen molar-refractivity contribution in [3.05, 3.63) is 21.3 Å². The molecule has 0 saturated carbocycles. The lowest BCUT2D eigenvalue weighted by Gasteiger charge is -2.21. The molecule has 0 aliphatic carbocycles. The molecule has 2 nitrogen and oxygen atoms in total. The summed E-state index contributed by atoms with van der Waals surface area (Å²) in [5, 5.41) is 9.93. The SMILES string of the molecule is CCCC(N)C(O)CC(C)c1ccc(Cl)s1. The highest BCUT2D eigenvalue weighted by atomic mass is 35.5. The molecule has 0 bridgehead atoms. The van der Waals surface area contributed by atoms with E-state index in [9.17, 15) is 5.11 Å². The summed E-state index contributed by atoms with van der Waals surface area (Å²) in [5.74, 6) is 0.315. The molecule has 4 heteroatoms. The van der Waals surface area contributed by atoms with Crippen LogP contribution in [0.3, 0.4) is 0 Å². The maximum atomic E-state index is 9.93. The van der Waals surface area contributed by atoms with E-state index < -0.39 is 6.10 Å². The first-order chi connectivity index (χ1) is 7.54. The van der Waals surface area contributed by atoms with E-state index in [1.165, 1.54) is 4.88 Å². The molecule has 1 rings (SSSR count). The van der Waals surface area contributed by atoms with E-state index >= 15 is 0 Å². The van der Waals surface area contributed by atoms with E-state index in [0.29, 0.717) is 12.3 Å². The van der Waals surface area contributed by atoms with Crippen LogP contribution in [-0.4, -0.2) is 17.3 Å². The van der Waals surface area contributed by atoms with Crippen molar-refractivity contribution in [3.8, 4) is 0 Å². The maximum Gasteiger partial charge on any atom is 0.0931 e. The van der Waals surface area contributed by atoms with Gasteiger partial charge >= 0.3 is 0 Å². The number of aliphatic hydroxyl groups excluding tert-OH is 1. The van der Waals surface area contributed by atoms with E-state index in [1.807, 2.05) is 12.1 Å². The third-order valence-electron chi connectivity index (χ3n) is 2.79. The van der Waals surface area contributed by atoms with E-state index in [2.05, 4.69) is 13.8 Å². The number of aliphatic hydroxyl groups is 1. The Morgan fingerprint density at radius 1 is 1.50 bits per heavy atom. The molecule has 3 atom stereocenters. The Balaban J connectivity index is 2.47. The Kier molecular flexibility index (Phi) is 5.76. The van der Waals surface area contributed by atoms with E-state index in [-0.39, 0.29) is 6.04 Å². The Hall–Kier alpha value is -0.0900. The maximum absolute atomic E-state index is 9.93. The second kappa shape index (κ2) is 6.60. The highest BCUT2D eigenvalue weighted by Gasteiger charge is 2.18. The first-order valence-corrected chi connectivity index (χ1v) is 6.93. The van der Waals surface area contributed by atoms with Crippen LogP contribution in [0, 0.1) is 0 Å². The summed E-state index contributed by atoms with van der Waals surface area (Å²) in [6, 6.07) is 3.81. The molecule has 0 amide bonds. The van der Waals surface area contributed by atoms with Crippen LogP contribution in [0.4, 0.5) is 0 Å². The predicted octanol–water partition coefficient (Wildman–Crippen LogP) is 3.38. The van der Waals surface area contributed by atoms with Gasteiger partial charge in [-0.3, -0.25) is 0 Å². The van der Waals surface area contributed by atoms with Gasteiger partial charge in [-0.05, 0) is 30.9 Å². The van der Waals surface area contributed by atoms with Gasteiger partial charge in [0.1, 0.15) is 0 Å². The van der Waals surface area contributed by atoms with Crippen LogP contribution in [-0.2, 0) is 0 Å². The molecule has 1 aromatic rings. The minimum Gasteiger partial charge on any atom is -0.391 e. The molecule has 16 heavy (non-hydrogen) atoms. The van der Waals surface area contributed by atoms with Crippen LogP contribution < -0.4 is 5.73 Å². The summed E-state index contributed by atoms with van der Waals surface area (Å²) >= 11 is 7.46. The van der Waals surface area contributed by atoms with Gasteiger partial charge < -0.3 is 10.8 Å². The van der Waals surface area contributed by atoms with Crippen LogP contribution in [0.25, 0.3) is 0 Å². The molecular formula is C12H20ClNOS. The molecule has 0 aromatic carbocycles. The van der Waals surface area contributed by atoms with E-state index in [1.54, 1.807) is 11.3 Å². The van der Waals surface area contributed by atoms with Crippen molar-refractivity contribution in [1.82, 2.24) is 0 Å². The minimum absolute atomic E-state index is 0.108. The first-order valence-electron chi connectivity index (χ1n) is 5.73. The quantitative estimate of drug-likeness (QED) is 0.825. The lowest BCUT2D eigenvalue weighted by Crippen LogP contribution is -2.35. The zero-order valence-electron chi connectivity index (χ0n) is 9.82. The summed E-state index contributed by atoms with van der Waals surface area (Å²) in [7, 11) is 0. The second-order valence-corrected chi connectivity index (χ2v) is 6.05. The van der Waals surface area contributed by atoms with Gasteiger partial charge in [0.15, 0.2) is 0 Å². The van der Waals surface area contributed by atoms with Crippen LogP contribution in [0.2, 0.25) is 4.34 Å². The third-order valence-corrected chi connectivity index (χ3v) is 4.25. The third kappa shape index (κ3) is 4.06. The van der Waals surface area contributed by atoms with Gasteiger partial charge in [-0.2, -0.15) is 0 Å². The van der Waals surface area contributed by atoms with Gasteiger partial charge in [-0.25, -0.2) is 0 Å². The van der Waals surface area contributed by atoms with E-state index in [4.69, 9.17) is 17.3 Å². The first kappa shape index (κ1) is 14.0. The van der Waals surface area contributed by atoms with Gasteiger partial charge in [0.2, 0.25) is 0 Å². The van der Waals surface area contributed by atoms with Gasteiger partial charge in [0.05, 0.1) is 10.4 Å². The summed E-state index contributed by atoms with van der Waals surface area (Å²) in [5.41, 5.74) is 5.89. The summed E-state index contributed by atoms with van der Waals surface area (Å²) in [6.07, 6.45) is 2.17. The molecule has 1 aromatic heterocycles. The number of hydrogen-bond donors (Lipinski definition) is 2. The molecule has 3 N–H and O–H groups in total. The number of rotatable bonds is 6. The van der Waals surface area contributed by atoms with Gasteiger partial charge in [0.25, 0.3) is 0 Å². The molecule has 0 aliphatic rings. The minimum atomic E-state index is -0.421. The molecule has 1 heterocycles. The molecule has 0 aliphatic heterocycles. The average Bonchev–Trinajstić information content (AvgIpc) is 2.65. The molecular weight excluding hydrogens is 242 g/mol. The highest BCUT2D eigenvalue weighted by molar-refractivity contribution is 7.16. The zero-order chi connectivity index (χ0) is 12.1. The fourth-order valence-corrected chi connectivity index (χ4v) is 2.90. The Labute approximate surface area is 106 Å². The Bertz CT molecular complexity index is 316. The van der Waals surface area contributed by atoms with Crippen molar-refractivity contribution in [1.29, 1.82) is 0 Å². The van der Waals surface area contributed by atoms with E-state index in [0.717, 1.165) is 17.2 Å². The topological polar surface area (TPSA) is 46.2 Å². The van der Waals surface area contributed by atoms with Gasteiger partial charge in [0, 0.05) is 10.9 Å². The van der Waals surface area contributed by atoms with Crippen LogP contribution in [0.5, 0.6) is 0 Å². The van der Waals surface area contributed by atoms with Crippen molar-refractivity contribution < 1.29 is 5.11 Å². The fourth-order valence-electron chi connectivity index (χ4n) is 1.77. The lowest BCUT2D eigenvalue weighted by molar-refractivity contribution is 0.124. The second-order valence-electron chi connectivity index (χ2n) is 4.30. The summed E-state index contributed by atoms with van der Waals surface area (Å²) < 4.78 is 0.800. The van der Waals surface area contributed by atoms with Crippen LogP contribution in [0.1, 0.15) is 43.9 Å². The van der Waals surface area contributed by atoms with Crippen molar-refractivity contribution in [2.45, 2.75) is 51.2 Å². The Morgan fingerprint density at radius 2 is 2.19 bits per heavy atom. The van der Waals surface area contributed by atoms with Gasteiger partial charge in [-0.1, -0.05) is 31.9 Å². The van der Waals surface area contributed by atoms with Crippen molar-refractivity contribution in [2.75, 3.05) is 0 Å². The number of hydrogen-bond acceptors (Lipinski definition) is 3. The molecule has 0 saturated heterocycles. The molecule has 0 fully saturated rings. The molecule has 0 spiro atoms. The van der Waals surface area contributed by atoms with Crippen molar-refractivity contribution in [2.24, 2.45) is 5.73 Å². The van der Waals surface area contributed by atoms with Gasteiger partial charge in [-0.15, -0.1) is 11.3 Å². The number of thiophene rings is 1. The molecule has 92 valence electrons. The smallest absolute Gasteiger partial charge is 0.0931 e. The number of halogens is 1. The largest absolute Gasteiger partial charge is 0.391 e. The summed E-state index contributed by atoms with van der Waals surface area (Å²) in [4.78, 5) is 1.22. The van der Waals surface area contributed by atoms with Crippen molar-refractivity contribution in [3.63, 3.8) is 0 Å². The zero-order valence-corrected chi connectivity index (χ0v) is 11.4. The standard InChI is InChI=1S/C12H20ClNOS/c1-3-4-9(14)10(15)7-8(2)11-5-6-12(13)16-11/h5-6,8-10,15H,3-4,7,14H2,1-2H3. The Morgan fingerprint density at radius 3 is 2.69 bits per heavy atom. The highest BCUT2D eigenvalue weighted by Crippen LogP contribution is 2.31. The van der Waals surface area contributed by atoms with Crippen LogP contribution >= 0.6 is 22.9 Å².